The molecular formula is C20H25N7O2. The number of ether oxygens (including phenoxy) is 1. The number of nitrogens with zero attached hydrogens (tertiary/aromatic N) is 7. The third kappa shape index (κ3) is 4.41. The van der Waals surface area contributed by atoms with Crippen LogP contribution < -0.4 is 4.90 Å². The van der Waals surface area contributed by atoms with E-state index in [1.165, 1.54) is 0 Å². The summed E-state index contributed by atoms with van der Waals surface area (Å²) in [4.78, 5) is 22.7. The average Bonchev–Trinajstić information content (AvgIpc) is 3.18. The summed E-state index contributed by atoms with van der Waals surface area (Å²) in [5.74, 6) is 2.92. The Kier molecular flexibility index (Phi) is 5.77. The summed E-state index contributed by atoms with van der Waals surface area (Å²) in [6.07, 6.45) is 3.56. The third-order valence-electron chi connectivity index (χ3n) is 5.10. The summed E-state index contributed by atoms with van der Waals surface area (Å²) >= 11 is 0. The van der Waals surface area contributed by atoms with Crippen LogP contribution in [0, 0.1) is 13.8 Å². The van der Waals surface area contributed by atoms with Crippen molar-refractivity contribution in [3.05, 3.63) is 47.5 Å². The van der Waals surface area contributed by atoms with Gasteiger partial charge in [0.2, 0.25) is 5.89 Å². The molecule has 0 atom stereocenters. The van der Waals surface area contributed by atoms with Crippen molar-refractivity contribution in [2.75, 3.05) is 38.2 Å². The van der Waals surface area contributed by atoms with Crippen LogP contribution in [-0.2, 0) is 17.9 Å². The number of hydrogen-bond acceptors (Lipinski definition) is 9. The van der Waals surface area contributed by atoms with Gasteiger partial charge in [-0.05, 0) is 26.0 Å². The van der Waals surface area contributed by atoms with Crippen LogP contribution in [0.4, 0.5) is 5.82 Å². The zero-order chi connectivity index (χ0) is 20.2. The third-order valence-corrected chi connectivity index (χ3v) is 5.10. The molecule has 0 aromatic carbocycles. The first-order valence-electron chi connectivity index (χ1n) is 9.67. The van der Waals surface area contributed by atoms with Gasteiger partial charge in [0.05, 0.1) is 6.54 Å². The average molecular weight is 395 g/mol. The van der Waals surface area contributed by atoms with E-state index in [0.717, 1.165) is 54.6 Å². The lowest BCUT2D eigenvalue weighted by atomic mass is 10.2. The first-order chi connectivity index (χ1) is 14.1. The second-order valence-corrected chi connectivity index (χ2v) is 7.12. The summed E-state index contributed by atoms with van der Waals surface area (Å²) < 4.78 is 10.3. The molecule has 1 fully saturated rings. The minimum atomic E-state index is 0.364. The van der Waals surface area contributed by atoms with E-state index in [2.05, 4.69) is 36.8 Å². The summed E-state index contributed by atoms with van der Waals surface area (Å²) in [6.45, 7) is 8.67. The van der Waals surface area contributed by atoms with Crippen LogP contribution in [0.15, 0.2) is 29.0 Å². The Morgan fingerprint density at radius 3 is 2.66 bits per heavy atom. The summed E-state index contributed by atoms with van der Waals surface area (Å²) in [5, 5.41) is 3.92. The lowest BCUT2D eigenvalue weighted by Crippen LogP contribution is -2.46. The number of rotatable bonds is 6. The van der Waals surface area contributed by atoms with Crippen LogP contribution in [0.25, 0.3) is 11.4 Å². The topological polar surface area (TPSA) is 93.3 Å². The molecule has 0 saturated carbocycles. The summed E-state index contributed by atoms with van der Waals surface area (Å²) in [6, 6.07) is 3.89. The van der Waals surface area contributed by atoms with Crippen molar-refractivity contribution in [3.8, 4) is 11.4 Å². The molecule has 29 heavy (non-hydrogen) atoms. The first-order valence-corrected chi connectivity index (χ1v) is 9.67. The molecule has 3 aromatic heterocycles. The number of methoxy groups -OCH3 is 1. The predicted octanol–water partition coefficient (Wildman–Crippen LogP) is 2.01. The molecule has 0 aliphatic carbocycles. The Morgan fingerprint density at radius 2 is 1.93 bits per heavy atom. The molecule has 152 valence electrons. The number of hydrogen-bond donors (Lipinski definition) is 0. The van der Waals surface area contributed by atoms with Crippen LogP contribution in [0.2, 0.25) is 0 Å². The number of piperazine rings is 1. The molecule has 1 saturated heterocycles. The maximum Gasteiger partial charge on any atom is 0.240 e. The van der Waals surface area contributed by atoms with Crippen molar-refractivity contribution in [3.63, 3.8) is 0 Å². The number of pyridine rings is 1. The van der Waals surface area contributed by atoms with Crippen molar-refractivity contribution in [2.24, 2.45) is 0 Å². The van der Waals surface area contributed by atoms with Gasteiger partial charge in [0.25, 0.3) is 0 Å². The van der Waals surface area contributed by atoms with Gasteiger partial charge in [-0.3, -0.25) is 9.88 Å². The van der Waals surface area contributed by atoms with Gasteiger partial charge in [0.1, 0.15) is 12.4 Å². The molecule has 4 heterocycles. The Balaban J connectivity index is 1.44. The monoisotopic (exact) mass is 395 g/mol. The second-order valence-electron chi connectivity index (χ2n) is 7.12. The Hall–Kier alpha value is -2.91. The molecule has 3 aromatic rings. The van der Waals surface area contributed by atoms with Crippen LogP contribution >= 0.6 is 0 Å². The highest BCUT2D eigenvalue weighted by Gasteiger charge is 2.23. The van der Waals surface area contributed by atoms with Crippen LogP contribution in [0.3, 0.4) is 0 Å². The molecule has 9 nitrogen and oxygen atoms in total. The van der Waals surface area contributed by atoms with Crippen molar-refractivity contribution >= 4 is 5.82 Å². The fraction of sp³-hybridized carbons (Fsp3) is 0.450. The molecule has 1 aliphatic rings. The lowest BCUT2D eigenvalue weighted by molar-refractivity contribution is 0.174. The van der Waals surface area contributed by atoms with Crippen molar-refractivity contribution in [2.45, 2.75) is 27.0 Å². The lowest BCUT2D eigenvalue weighted by Gasteiger charge is -2.35. The molecule has 4 rings (SSSR count). The standard InChI is InChI=1S/C20H25N7O2/c1-14-15(2)22-19(16-5-4-6-21-11-16)24-20(14)27-9-7-26(8-10-27)12-18-23-17(13-28-3)25-29-18/h4-6,11H,7-10,12-13H2,1-3H3. The molecule has 1 aliphatic heterocycles. The van der Waals surface area contributed by atoms with E-state index in [1.807, 2.05) is 19.1 Å². The van der Waals surface area contributed by atoms with E-state index in [1.54, 1.807) is 19.5 Å². The van der Waals surface area contributed by atoms with E-state index in [9.17, 15) is 0 Å². The quantitative estimate of drug-likeness (QED) is 0.621. The molecular weight excluding hydrogens is 370 g/mol. The number of anilines is 1. The smallest absolute Gasteiger partial charge is 0.240 e. The Morgan fingerprint density at radius 1 is 1.10 bits per heavy atom. The molecule has 0 amide bonds. The highest BCUT2D eigenvalue weighted by Crippen LogP contribution is 2.25. The molecule has 0 bridgehead atoms. The second kappa shape index (κ2) is 8.62. The zero-order valence-corrected chi connectivity index (χ0v) is 17.0. The summed E-state index contributed by atoms with van der Waals surface area (Å²) in [7, 11) is 1.62. The SMILES string of the molecule is COCc1noc(CN2CCN(c3nc(-c4cccnc4)nc(C)c3C)CC2)n1. The van der Waals surface area contributed by atoms with E-state index in [4.69, 9.17) is 14.2 Å². The van der Waals surface area contributed by atoms with Crippen molar-refractivity contribution in [1.82, 2.24) is 30.0 Å². The number of aromatic nitrogens is 5. The maximum absolute atomic E-state index is 5.31. The normalized spacial score (nSPS) is 15.1. The van der Waals surface area contributed by atoms with E-state index >= 15 is 0 Å². The van der Waals surface area contributed by atoms with Gasteiger partial charge in [0, 0.05) is 62.5 Å². The van der Waals surface area contributed by atoms with Gasteiger partial charge < -0.3 is 14.2 Å². The molecule has 0 spiro atoms. The minimum absolute atomic E-state index is 0.364. The summed E-state index contributed by atoms with van der Waals surface area (Å²) in [5.41, 5.74) is 3.04. The number of aryl methyl sites for hydroxylation is 1. The fourth-order valence-electron chi connectivity index (χ4n) is 3.40. The van der Waals surface area contributed by atoms with E-state index in [-0.39, 0.29) is 0 Å². The van der Waals surface area contributed by atoms with Crippen LogP contribution in [-0.4, -0.2) is 63.3 Å². The maximum atomic E-state index is 5.31. The van der Waals surface area contributed by atoms with Gasteiger partial charge in [-0.25, -0.2) is 9.97 Å². The van der Waals surface area contributed by atoms with Gasteiger partial charge in [-0.1, -0.05) is 5.16 Å². The predicted molar refractivity (Wildman–Crippen MR) is 107 cm³/mol. The molecule has 0 radical (unpaired) electrons. The zero-order valence-electron chi connectivity index (χ0n) is 17.0. The highest BCUT2D eigenvalue weighted by atomic mass is 16.5. The highest BCUT2D eigenvalue weighted by molar-refractivity contribution is 5.59. The van der Waals surface area contributed by atoms with Crippen LogP contribution in [0.1, 0.15) is 23.0 Å². The van der Waals surface area contributed by atoms with Gasteiger partial charge >= 0.3 is 0 Å². The molecule has 0 unspecified atom stereocenters. The largest absolute Gasteiger partial charge is 0.377 e. The first kappa shape index (κ1) is 19.4. The van der Waals surface area contributed by atoms with E-state index in [0.29, 0.717) is 24.9 Å². The van der Waals surface area contributed by atoms with Crippen molar-refractivity contribution < 1.29 is 9.26 Å². The minimum Gasteiger partial charge on any atom is -0.377 e. The Labute approximate surface area is 169 Å². The van der Waals surface area contributed by atoms with Gasteiger partial charge in [0.15, 0.2) is 11.6 Å². The molecule has 9 heteroatoms. The molecule has 0 N–H and O–H groups in total. The fourth-order valence-corrected chi connectivity index (χ4v) is 3.40. The Bertz CT molecular complexity index is 953. The van der Waals surface area contributed by atoms with Crippen molar-refractivity contribution in [1.29, 1.82) is 0 Å². The van der Waals surface area contributed by atoms with E-state index < -0.39 is 0 Å². The van der Waals surface area contributed by atoms with Gasteiger partial charge in [-0.2, -0.15) is 4.98 Å². The van der Waals surface area contributed by atoms with Crippen LogP contribution in [0.5, 0.6) is 0 Å². The van der Waals surface area contributed by atoms with Gasteiger partial charge in [-0.15, -0.1) is 0 Å².